The maximum atomic E-state index is 12.1. The normalized spacial score (nSPS) is 9.95. The molecule has 3 N–H and O–H groups in total. The lowest BCUT2D eigenvalue weighted by Gasteiger charge is -2.26. The van der Waals surface area contributed by atoms with Crippen LogP contribution >= 0.6 is 0 Å². The van der Waals surface area contributed by atoms with Gasteiger partial charge in [-0.15, -0.1) is 0 Å². The molecule has 0 unspecified atom stereocenters. The third kappa shape index (κ3) is 5.89. The summed E-state index contributed by atoms with van der Waals surface area (Å²) in [6.07, 6.45) is 3.91. The third-order valence-electron chi connectivity index (χ3n) is 2.76. The van der Waals surface area contributed by atoms with Gasteiger partial charge < -0.3 is 20.6 Å². The standard InChI is InChI=1S/C13H18N4O4/c1-16(7-4-10-2-5-15-6-3-10)13(21)17(8-11(14)18)9-12(19)20/h2-3,5-6H,4,7-9H2,1H3,(H2,14,18)(H,19,20). The number of carboxylic acids is 1. The fourth-order valence-electron chi connectivity index (χ4n) is 1.73. The highest BCUT2D eigenvalue weighted by atomic mass is 16.4. The van der Waals surface area contributed by atoms with E-state index >= 15 is 0 Å². The van der Waals surface area contributed by atoms with Gasteiger partial charge in [0.2, 0.25) is 5.91 Å². The number of aromatic nitrogens is 1. The van der Waals surface area contributed by atoms with Crippen molar-refractivity contribution in [1.29, 1.82) is 0 Å². The van der Waals surface area contributed by atoms with Gasteiger partial charge in [-0.3, -0.25) is 14.6 Å². The Morgan fingerprint density at radius 1 is 1.24 bits per heavy atom. The molecule has 1 heterocycles. The molecule has 0 aliphatic rings. The number of carbonyl (C=O) groups excluding carboxylic acids is 2. The van der Waals surface area contributed by atoms with Crippen molar-refractivity contribution in [1.82, 2.24) is 14.8 Å². The summed E-state index contributed by atoms with van der Waals surface area (Å²) in [5.74, 6) is -1.96. The van der Waals surface area contributed by atoms with Crippen LogP contribution in [0.25, 0.3) is 0 Å². The van der Waals surface area contributed by atoms with E-state index in [2.05, 4.69) is 4.98 Å². The average molecular weight is 294 g/mol. The zero-order chi connectivity index (χ0) is 15.8. The zero-order valence-electron chi connectivity index (χ0n) is 11.7. The van der Waals surface area contributed by atoms with Crippen molar-refractivity contribution in [2.45, 2.75) is 6.42 Å². The van der Waals surface area contributed by atoms with E-state index in [1.54, 1.807) is 19.4 Å². The van der Waals surface area contributed by atoms with Crippen LogP contribution < -0.4 is 5.73 Å². The van der Waals surface area contributed by atoms with Gasteiger partial charge in [0.1, 0.15) is 13.1 Å². The predicted molar refractivity (Wildman–Crippen MR) is 74.4 cm³/mol. The molecular formula is C13H18N4O4. The molecule has 114 valence electrons. The van der Waals surface area contributed by atoms with Crippen molar-refractivity contribution in [3.63, 3.8) is 0 Å². The summed E-state index contributed by atoms with van der Waals surface area (Å²) in [5.41, 5.74) is 6.02. The van der Waals surface area contributed by atoms with Crippen LogP contribution in [0.5, 0.6) is 0 Å². The van der Waals surface area contributed by atoms with Gasteiger partial charge in [-0.25, -0.2) is 4.79 Å². The van der Waals surface area contributed by atoms with Crippen molar-refractivity contribution < 1.29 is 19.5 Å². The smallest absolute Gasteiger partial charge is 0.323 e. The van der Waals surface area contributed by atoms with E-state index in [0.717, 1.165) is 10.5 Å². The molecule has 0 spiro atoms. The van der Waals surface area contributed by atoms with E-state index in [4.69, 9.17) is 10.8 Å². The Hall–Kier alpha value is -2.64. The lowest BCUT2D eigenvalue weighted by atomic mass is 10.2. The summed E-state index contributed by atoms with van der Waals surface area (Å²) in [7, 11) is 1.54. The fraction of sp³-hybridized carbons (Fsp3) is 0.385. The molecule has 0 atom stereocenters. The van der Waals surface area contributed by atoms with Gasteiger partial charge in [-0.05, 0) is 24.1 Å². The number of likely N-dealkylation sites (N-methyl/N-ethyl adjacent to an activating group) is 1. The number of carboxylic acid groups (broad SMARTS) is 1. The van der Waals surface area contributed by atoms with Crippen molar-refractivity contribution >= 4 is 17.9 Å². The van der Waals surface area contributed by atoms with Crippen molar-refractivity contribution in [3.05, 3.63) is 30.1 Å². The summed E-state index contributed by atoms with van der Waals surface area (Å²) in [4.78, 5) is 39.9. The number of rotatable bonds is 7. The Labute approximate surface area is 122 Å². The molecule has 0 aliphatic heterocycles. The molecule has 8 heteroatoms. The van der Waals surface area contributed by atoms with Crippen molar-refractivity contribution in [2.24, 2.45) is 5.73 Å². The molecular weight excluding hydrogens is 276 g/mol. The monoisotopic (exact) mass is 294 g/mol. The van der Waals surface area contributed by atoms with Gasteiger partial charge in [0.15, 0.2) is 0 Å². The van der Waals surface area contributed by atoms with Crippen LogP contribution in [0.1, 0.15) is 5.56 Å². The minimum Gasteiger partial charge on any atom is -0.480 e. The minimum absolute atomic E-state index is 0.387. The molecule has 0 aromatic carbocycles. The van der Waals surface area contributed by atoms with Crippen LogP contribution in [0.3, 0.4) is 0 Å². The van der Waals surface area contributed by atoms with Gasteiger partial charge in [-0.2, -0.15) is 0 Å². The highest BCUT2D eigenvalue weighted by Gasteiger charge is 2.21. The molecule has 0 fully saturated rings. The maximum Gasteiger partial charge on any atom is 0.323 e. The number of primary amides is 1. The Morgan fingerprint density at radius 3 is 2.38 bits per heavy atom. The van der Waals surface area contributed by atoms with Crippen LogP contribution in [-0.2, 0) is 16.0 Å². The molecule has 1 rings (SSSR count). The quantitative estimate of drug-likeness (QED) is 0.706. The predicted octanol–water partition coefficient (Wildman–Crippen LogP) is -0.452. The van der Waals surface area contributed by atoms with E-state index < -0.39 is 31.0 Å². The van der Waals surface area contributed by atoms with Gasteiger partial charge in [0.25, 0.3) is 0 Å². The molecule has 1 aromatic rings. The summed E-state index contributed by atoms with van der Waals surface area (Å²) in [5, 5.41) is 8.76. The van der Waals surface area contributed by atoms with E-state index in [0.29, 0.717) is 13.0 Å². The SMILES string of the molecule is CN(CCc1ccncc1)C(=O)N(CC(N)=O)CC(=O)O. The minimum atomic E-state index is -1.20. The third-order valence-corrected chi connectivity index (χ3v) is 2.76. The summed E-state index contributed by atoms with van der Waals surface area (Å²) in [6.45, 7) is -0.607. The molecule has 0 saturated carbocycles. The zero-order valence-corrected chi connectivity index (χ0v) is 11.7. The van der Waals surface area contributed by atoms with Crippen molar-refractivity contribution in [3.8, 4) is 0 Å². The largest absolute Gasteiger partial charge is 0.480 e. The Morgan fingerprint density at radius 2 is 1.86 bits per heavy atom. The first-order chi connectivity index (χ1) is 9.90. The molecule has 8 nitrogen and oxygen atoms in total. The Balaban J connectivity index is 2.60. The van der Waals surface area contributed by atoms with Crippen LogP contribution in [0, 0.1) is 0 Å². The van der Waals surface area contributed by atoms with Crippen molar-refractivity contribution in [2.75, 3.05) is 26.7 Å². The van der Waals surface area contributed by atoms with Gasteiger partial charge >= 0.3 is 12.0 Å². The number of nitrogens with zero attached hydrogens (tertiary/aromatic N) is 3. The number of urea groups is 1. The van der Waals surface area contributed by atoms with Crippen LogP contribution in [0.15, 0.2) is 24.5 Å². The van der Waals surface area contributed by atoms with Crippen LogP contribution in [0.4, 0.5) is 4.79 Å². The molecule has 0 radical (unpaired) electrons. The van der Waals surface area contributed by atoms with Gasteiger partial charge in [0.05, 0.1) is 0 Å². The van der Waals surface area contributed by atoms with E-state index in [1.807, 2.05) is 12.1 Å². The number of aliphatic carboxylic acids is 1. The number of carbonyl (C=O) groups is 3. The van der Waals surface area contributed by atoms with Crippen LogP contribution in [0.2, 0.25) is 0 Å². The van der Waals surface area contributed by atoms with E-state index in [9.17, 15) is 14.4 Å². The molecule has 3 amide bonds. The highest BCUT2D eigenvalue weighted by molar-refractivity contribution is 5.85. The maximum absolute atomic E-state index is 12.1. The lowest BCUT2D eigenvalue weighted by molar-refractivity contribution is -0.138. The molecule has 0 bridgehead atoms. The van der Waals surface area contributed by atoms with E-state index in [1.165, 1.54) is 4.90 Å². The topological polar surface area (TPSA) is 117 Å². The first-order valence-corrected chi connectivity index (χ1v) is 6.29. The summed E-state index contributed by atoms with van der Waals surface area (Å²) >= 11 is 0. The molecule has 21 heavy (non-hydrogen) atoms. The van der Waals surface area contributed by atoms with Crippen LogP contribution in [-0.4, -0.2) is 64.5 Å². The number of nitrogens with two attached hydrogens (primary N) is 1. The first-order valence-electron chi connectivity index (χ1n) is 6.29. The fourth-order valence-corrected chi connectivity index (χ4v) is 1.73. The number of hydrogen-bond acceptors (Lipinski definition) is 4. The van der Waals surface area contributed by atoms with E-state index in [-0.39, 0.29) is 0 Å². The van der Waals surface area contributed by atoms with Gasteiger partial charge in [-0.1, -0.05) is 0 Å². The first kappa shape index (κ1) is 16.4. The second-order valence-electron chi connectivity index (χ2n) is 4.53. The Bertz CT molecular complexity index is 490. The Kier molecular flexibility index (Phi) is 6.12. The number of amides is 3. The number of pyridine rings is 1. The highest BCUT2D eigenvalue weighted by Crippen LogP contribution is 2.02. The second kappa shape index (κ2) is 7.83. The molecule has 1 aromatic heterocycles. The molecule has 0 aliphatic carbocycles. The number of hydrogen-bond donors (Lipinski definition) is 2. The molecule has 0 saturated heterocycles. The van der Waals surface area contributed by atoms with Gasteiger partial charge in [0, 0.05) is 26.0 Å². The summed E-state index contributed by atoms with van der Waals surface area (Å²) in [6, 6.07) is 3.11. The lowest BCUT2D eigenvalue weighted by Crippen LogP contribution is -2.47. The summed E-state index contributed by atoms with van der Waals surface area (Å²) < 4.78 is 0. The second-order valence-corrected chi connectivity index (χ2v) is 4.53. The average Bonchev–Trinajstić information content (AvgIpc) is 2.43.